The lowest BCUT2D eigenvalue weighted by molar-refractivity contribution is -0.150. The Labute approximate surface area is 188 Å². The number of nitrogens with zero attached hydrogens (tertiary/aromatic N) is 7. The standard InChI is InChI=1S/C16H17N9O5S2/c1-6-20-23-24(21-6)3-7-4-31-14-10(13(27)25(14)11(7)15(28)29)19-12(26)9(22-30-2)8-5-32-16(17)18-8/h5,10,14H,3-4H2,1-2H3,(H2,17,18)(H,19,26)(H,28,29)/b22-9+/t10-,14-/m1/s1. The minimum atomic E-state index is -1.25. The lowest BCUT2D eigenvalue weighted by atomic mass is 10.0. The Hall–Kier alpha value is -3.53. The van der Waals surface area contributed by atoms with Crippen molar-refractivity contribution in [3.8, 4) is 0 Å². The fourth-order valence-corrected chi connectivity index (χ4v) is 5.15. The smallest absolute Gasteiger partial charge is 0.352 e. The van der Waals surface area contributed by atoms with E-state index in [2.05, 4.69) is 30.9 Å². The fraction of sp³-hybridized carbons (Fsp3) is 0.375. The van der Waals surface area contributed by atoms with E-state index in [4.69, 9.17) is 10.6 Å². The van der Waals surface area contributed by atoms with Gasteiger partial charge in [-0.25, -0.2) is 9.78 Å². The van der Waals surface area contributed by atoms with Gasteiger partial charge in [0.05, 0.1) is 6.54 Å². The maximum Gasteiger partial charge on any atom is 0.352 e. The van der Waals surface area contributed by atoms with Crippen LogP contribution in [0, 0.1) is 6.92 Å². The van der Waals surface area contributed by atoms with Gasteiger partial charge in [-0.3, -0.25) is 14.5 Å². The summed E-state index contributed by atoms with van der Waals surface area (Å²) in [6.45, 7) is 1.74. The van der Waals surface area contributed by atoms with Crippen molar-refractivity contribution < 1.29 is 24.3 Å². The molecule has 0 saturated carbocycles. The van der Waals surface area contributed by atoms with E-state index < -0.39 is 29.2 Å². The van der Waals surface area contributed by atoms with Crippen molar-refractivity contribution in [3.63, 3.8) is 0 Å². The first-order chi connectivity index (χ1) is 15.3. The zero-order chi connectivity index (χ0) is 23.0. The minimum Gasteiger partial charge on any atom is -0.477 e. The van der Waals surface area contributed by atoms with Gasteiger partial charge in [0.15, 0.2) is 16.7 Å². The number of anilines is 1. The SMILES string of the molecule is CO/N=C(/C(=O)N[C@@H]1C(=O)N2C(C(=O)O)=C(Cn3nnc(C)n3)CS[C@H]12)c1csc(N)n1. The number of nitrogens with two attached hydrogens (primary N) is 1. The van der Waals surface area contributed by atoms with Gasteiger partial charge in [0.25, 0.3) is 11.8 Å². The number of tetrazole rings is 1. The highest BCUT2D eigenvalue weighted by Crippen LogP contribution is 2.40. The topological polar surface area (TPSA) is 191 Å². The number of carbonyl (C=O) groups excluding carboxylic acids is 2. The van der Waals surface area contributed by atoms with Crippen molar-refractivity contribution >= 4 is 51.7 Å². The summed E-state index contributed by atoms with van der Waals surface area (Å²) in [5.74, 6) is -1.74. The summed E-state index contributed by atoms with van der Waals surface area (Å²) in [5, 5.41) is 28.9. The number of hydrogen-bond acceptors (Lipinski definition) is 12. The maximum atomic E-state index is 12.8. The van der Waals surface area contributed by atoms with Gasteiger partial charge in [0.2, 0.25) is 0 Å². The average molecular weight is 480 g/mol. The molecule has 0 radical (unpaired) electrons. The second-order valence-corrected chi connectivity index (χ2v) is 8.67. The predicted molar refractivity (Wildman–Crippen MR) is 112 cm³/mol. The monoisotopic (exact) mass is 479 g/mol. The summed E-state index contributed by atoms with van der Waals surface area (Å²) >= 11 is 2.44. The number of aromatic nitrogens is 5. The van der Waals surface area contributed by atoms with Crippen LogP contribution in [0.25, 0.3) is 0 Å². The van der Waals surface area contributed by atoms with Crippen LogP contribution in [0.15, 0.2) is 21.8 Å². The number of β-lactam (4-membered cyclic amide) rings is 1. The number of thiazole rings is 1. The van der Waals surface area contributed by atoms with E-state index in [0.717, 1.165) is 16.2 Å². The molecule has 2 aliphatic rings. The molecule has 2 atom stereocenters. The van der Waals surface area contributed by atoms with Crippen LogP contribution in [0.3, 0.4) is 0 Å². The molecule has 16 heteroatoms. The number of aliphatic carboxylic acids is 1. The van der Waals surface area contributed by atoms with Crippen molar-refractivity contribution in [2.45, 2.75) is 24.9 Å². The van der Waals surface area contributed by atoms with Crippen LogP contribution in [0.5, 0.6) is 0 Å². The predicted octanol–water partition coefficient (Wildman–Crippen LogP) is -1.19. The largest absolute Gasteiger partial charge is 0.477 e. The van der Waals surface area contributed by atoms with Gasteiger partial charge in [-0.05, 0) is 17.7 Å². The highest BCUT2D eigenvalue weighted by molar-refractivity contribution is 8.00. The molecule has 1 saturated heterocycles. The van der Waals surface area contributed by atoms with Gasteiger partial charge in [0.1, 0.15) is 29.9 Å². The number of fused-ring (bicyclic) bond motifs is 1. The molecule has 0 unspecified atom stereocenters. The summed E-state index contributed by atoms with van der Waals surface area (Å²) < 4.78 is 0. The molecule has 2 aromatic heterocycles. The Balaban J connectivity index is 1.53. The second kappa shape index (κ2) is 8.54. The van der Waals surface area contributed by atoms with Crippen LogP contribution in [-0.4, -0.2) is 83.0 Å². The first kappa shape index (κ1) is 21.7. The lowest BCUT2D eigenvalue weighted by Gasteiger charge is -2.49. The van der Waals surface area contributed by atoms with E-state index in [1.807, 2.05) is 0 Å². The van der Waals surface area contributed by atoms with Crippen molar-refractivity contribution in [1.29, 1.82) is 0 Å². The molecule has 2 aromatic rings. The molecule has 0 bridgehead atoms. The van der Waals surface area contributed by atoms with Gasteiger partial charge in [-0.2, -0.15) is 4.80 Å². The number of carbonyl (C=O) groups is 3. The molecule has 14 nitrogen and oxygen atoms in total. The summed E-state index contributed by atoms with van der Waals surface area (Å²) in [4.78, 5) is 48.7. The quantitative estimate of drug-likeness (QED) is 0.246. The highest BCUT2D eigenvalue weighted by Gasteiger charge is 2.54. The van der Waals surface area contributed by atoms with Crippen LogP contribution in [-0.2, 0) is 25.8 Å². The first-order valence-corrected chi connectivity index (χ1v) is 11.0. The zero-order valence-electron chi connectivity index (χ0n) is 16.8. The summed E-state index contributed by atoms with van der Waals surface area (Å²) in [7, 11) is 1.27. The van der Waals surface area contributed by atoms with E-state index in [-0.39, 0.29) is 28.8 Å². The number of oxime groups is 1. The molecule has 4 N–H and O–H groups in total. The minimum absolute atomic E-state index is 0.0822. The maximum absolute atomic E-state index is 12.8. The molecule has 168 valence electrons. The van der Waals surface area contributed by atoms with Crippen molar-refractivity contribution in [1.82, 2.24) is 35.4 Å². The summed E-state index contributed by atoms with van der Waals surface area (Å²) in [5.41, 5.74) is 6.00. The Morgan fingerprint density at radius 1 is 1.47 bits per heavy atom. The molecule has 32 heavy (non-hydrogen) atoms. The van der Waals surface area contributed by atoms with Crippen molar-refractivity contribution in [3.05, 3.63) is 28.2 Å². The Morgan fingerprint density at radius 3 is 2.84 bits per heavy atom. The van der Waals surface area contributed by atoms with Gasteiger partial charge >= 0.3 is 5.97 Å². The number of thioether (sulfide) groups is 1. The van der Waals surface area contributed by atoms with Crippen LogP contribution in [0.2, 0.25) is 0 Å². The lowest BCUT2D eigenvalue weighted by Crippen LogP contribution is -2.71. The van der Waals surface area contributed by atoms with Gasteiger partial charge in [-0.15, -0.1) is 33.3 Å². The number of aryl methyl sites for hydroxylation is 1. The van der Waals surface area contributed by atoms with Gasteiger partial charge < -0.3 is 21.0 Å². The number of nitrogens with one attached hydrogen (secondary N) is 1. The zero-order valence-corrected chi connectivity index (χ0v) is 18.4. The van der Waals surface area contributed by atoms with Crippen LogP contribution in [0.4, 0.5) is 5.13 Å². The molecule has 0 aromatic carbocycles. The van der Waals surface area contributed by atoms with Crippen LogP contribution < -0.4 is 11.1 Å². The Morgan fingerprint density at radius 2 is 2.25 bits per heavy atom. The molecule has 4 heterocycles. The van der Waals surface area contributed by atoms with E-state index in [1.54, 1.807) is 6.92 Å². The van der Waals surface area contributed by atoms with Gasteiger partial charge in [0, 0.05) is 11.1 Å². The van der Waals surface area contributed by atoms with E-state index >= 15 is 0 Å². The van der Waals surface area contributed by atoms with Crippen molar-refractivity contribution in [2.75, 3.05) is 18.6 Å². The first-order valence-electron chi connectivity index (χ1n) is 9.08. The molecule has 0 spiro atoms. The molecule has 1 fully saturated rings. The van der Waals surface area contributed by atoms with Crippen LogP contribution >= 0.6 is 23.1 Å². The number of rotatable bonds is 7. The third kappa shape index (κ3) is 3.89. The average Bonchev–Trinajstić information content (AvgIpc) is 3.37. The number of hydrogen-bond donors (Lipinski definition) is 3. The Bertz CT molecular complexity index is 1160. The van der Waals surface area contributed by atoms with E-state index in [0.29, 0.717) is 17.2 Å². The Kier molecular flexibility index (Phi) is 5.79. The fourth-order valence-electron chi connectivity index (χ4n) is 3.27. The summed E-state index contributed by atoms with van der Waals surface area (Å²) in [6, 6.07) is -0.937. The third-order valence-electron chi connectivity index (χ3n) is 4.58. The molecule has 0 aliphatic carbocycles. The highest BCUT2D eigenvalue weighted by atomic mass is 32.2. The molecule has 2 amide bonds. The number of nitrogen functional groups attached to an aromatic ring is 1. The second-order valence-electron chi connectivity index (χ2n) is 6.68. The molecular weight excluding hydrogens is 462 g/mol. The number of amides is 2. The molecule has 4 rings (SSSR count). The third-order valence-corrected chi connectivity index (χ3v) is 6.60. The number of carboxylic acid groups (broad SMARTS) is 1. The molecule has 2 aliphatic heterocycles. The van der Waals surface area contributed by atoms with Crippen LogP contribution in [0.1, 0.15) is 11.5 Å². The molecular formula is C16H17N9O5S2. The number of carboxylic acids is 1. The van der Waals surface area contributed by atoms with Gasteiger partial charge in [-0.1, -0.05) is 5.16 Å². The normalized spacial score (nSPS) is 20.6. The van der Waals surface area contributed by atoms with Crippen molar-refractivity contribution in [2.24, 2.45) is 5.16 Å². The van der Waals surface area contributed by atoms with E-state index in [9.17, 15) is 19.5 Å². The summed E-state index contributed by atoms with van der Waals surface area (Å²) in [6.07, 6.45) is 0. The van der Waals surface area contributed by atoms with E-state index in [1.165, 1.54) is 29.0 Å².